The van der Waals surface area contributed by atoms with Crippen molar-refractivity contribution < 1.29 is 23.9 Å². The SMILES string of the molecule is O=C1CC(=O)OC(CCc2ccc(C(=O)N3CCOCC3)cc2)(C2CCCC2)C1. The van der Waals surface area contributed by atoms with Crippen LogP contribution in [0.1, 0.15) is 60.9 Å². The molecule has 0 bridgehead atoms. The number of Topliss-reactive ketones (excluding diaryl/α,β-unsaturated/α-hetero) is 1. The number of ketones is 1. The molecule has 1 saturated carbocycles. The summed E-state index contributed by atoms with van der Waals surface area (Å²) in [5.41, 5.74) is 1.13. The summed E-state index contributed by atoms with van der Waals surface area (Å²) >= 11 is 0. The van der Waals surface area contributed by atoms with Gasteiger partial charge in [-0.3, -0.25) is 14.4 Å². The summed E-state index contributed by atoms with van der Waals surface area (Å²) < 4.78 is 11.2. The zero-order chi connectivity index (χ0) is 20.3. The van der Waals surface area contributed by atoms with E-state index in [1.807, 2.05) is 29.2 Å². The lowest BCUT2D eigenvalue weighted by Gasteiger charge is -2.41. The Morgan fingerprint density at radius 2 is 1.76 bits per heavy atom. The van der Waals surface area contributed by atoms with E-state index in [4.69, 9.17) is 9.47 Å². The van der Waals surface area contributed by atoms with E-state index in [2.05, 4.69) is 0 Å². The van der Waals surface area contributed by atoms with Gasteiger partial charge in [0.15, 0.2) is 0 Å². The predicted octanol–water partition coefficient (Wildman–Crippen LogP) is 2.93. The zero-order valence-electron chi connectivity index (χ0n) is 16.9. The van der Waals surface area contributed by atoms with Crippen molar-refractivity contribution in [1.82, 2.24) is 4.90 Å². The van der Waals surface area contributed by atoms with Crippen LogP contribution in [0.3, 0.4) is 0 Å². The van der Waals surface area contributed by atoms with Gasteiger partial charge in [0.1, 0.15) is 17.8 Å². The molecule has 6 nitrogen and oxygen atoms in total. The average molecular weight is 399 g/mol. The zero-order valence-corrected chi connectivity index (χ0v) is 16.9. The Morgan fingerprint density at radius 3 is 2.41 bits per heavy atom. The fourth-order valence-corrected chi connectivity index (χ4v) is 5.00. The topological polar surface area (TPSA) is 72.9 Å². The summed E-state index contributed by atoms with van der Waals surface area (Å²) in [7, 11) is 0. The van der Waals surface area contributed by atoms with Gasteiger partial charge in [0.05, 0.1) is 13.2 Å². The monoisotopic (exact) mass is 399 g/mol. The highest BCUT2D eigenvalue weighted by atomic mass is 16.6. The minimum Gasteiger partial charge on any atom is -0.458 e. The minimum atomic E-state index is -0.648. The highest BCUT2D eigenvalue weighted by Crippen LogP contribution is 2.43. The maximum Gasteiger partial charge on any atom is 0.313 e. The second-order valence-electron chi connectivity index (χ2n) is 8.51. The Hall–Kier alpha value is -2.21. The predicted molar refractivity (Wildman–Crippen MR) is 107 cm³/mol. The minimum absolute atomic E-state index is 0.000365. The van der Waals surface area contributed by atoms with E-state index >= 15 is 0 Å². The van der Waals surface area contributed by atoms with Crippen LogP contribution >= 0.6 is 0 Å². The maximum absolute atomic E-state index is 12.6. The summed E-state index contributed by atoms with van der Waals surface area (Å²) in [6.45, 7) is 2.43. The Bertz CT molecular complexity index is 744. The molecule has 1 aromatic carbocycles. The molecule has 0 radical (unpaired) electrons. The first-order valence-electron chi connectivity index (χ1n) is 10.8. The van der Waals surface area contributed by atoms with Crippen LogP contribution in [-0.2, 0) is 25.5 Å². The number of carbonyl (C=O) groups is 3. The second-order valence-corrected chi connectivity index (χ2v) is 8.51. The molecular weight excluding hydrogens is 370 g/mol. The Morgan fingerprint density at radius 1 is 1.07 bits per heavy atom. The molecule has 3 aliphatic rings. The van der Waals surface area contributed by atoms with Gasteiger partial charge in [-0.15, -0.1) is 0 Å². The van der Waals surface area contributed by atoms with E-state index in [0.29, 0.717) is 44.7 Å². The summed E-state index contributed by atoms with van der Waals surface area (Å²) in [6.07, 6.45) is 5.95. The first-order chi connectivity index (χ1) is 14.1. The largest absolute Gasteiger partial charge is 0.458 e. The Kier molecular flexibility index (Phi) is 5.99. The van der Waals surface area contributed by atoms with Gasteiger partial charge in [0.2, 0.25) is 0 Å². The Labute approximate surface area is 171 Å². The molecule has 1 aliphatic carbocycles. The van der Waals surface area contributed by atoms with Gasteiger partial charge in [-0.2, -0.15) is 0 Å². The molecule has 1 unspecified atom stereocenters. The molecule has 0 aromatic heterocycles. The van der Waals surface area contributed by atoms with Crippen molar-refractivity contribution in [3.8, 4) is 0 Å². The van der Waals surface area contributed by atoms with Gasteiger partial charge in [0.25, 0.3) is 5.91 Å². The number of aryl methyl sites for hydroxylation is 1. The number of amides is 1. The lowest BCUT2D eigenvalue weighted by molar-refractivity contribution is -0.178. The molecule has 6 heteroatoms. The molecule has 1 aromatic rings. The molecule has 29 heavy (non-hydrogen) atoms. The molecular formula is C23H29NO5. The molecule has 1 atom stereocenters. The van der Waals surface area contributed by atoms with Gasteiger partial charge in [-0.1, -0.05) is 25.0 Å². The number of cyclic esters (lactones) is 1. The molecule has 2 saturated heterocycles. The molecule has 4 rings (SSSR count). The number of esters is 1. The van der Waals surface area contributed by atoms with Gasteiger partial charge in [-0.25, -0.2) is 0 Å². The van der Waals surface area contributed by atoms with Gasteiger partial charge >= 0.3 is 5.97 Å². The highest BCUT2D eigenvalue weighted by Gasteiger charge is 2.47. The normalized spacial score (nSPS) is 25.9. The average Bonchev–Trinajstić information content (AvgIpc) is 3.28. The quantitative estimate of drug-likeness (QED) is 0.562. The van der Waals surface area contributed by atoms with Gasteiger partial charge < -0.3 is 14.4 Å². The Balaban J connectivity index is 1.43. The summed E-state index contributed by atoms with van der Waals surface area (Å²) in [5, 5.41) is 0. The van der Waals surface area contributed by atoms with Crippen molar-refractivity contribution in [2.24, 2.45) is 5.92 Å². The summed E-state index contributed by atoms with van der Waals surface area (Å²) in [5.74, 6) is -0.0637. The van der Waals surface area contributed by atoms with Crippen LogP contribution in [0.2, 0.25) is 0 Å². The number of hydrogen-bond donors (Lipinski definition) is 0. The van der Waals surface area contributed by atoms with Crippen LogP contribution in [0.25, 0.3) is 0 Å². The van der Waals surface area contributed by atoms with Crippen LogP contribution in [0.15, 0.2) is 24.3 Å². The van der Waals surface area contributed by atoms with Crippen LogP contribution in [0.4, 0.5) is 0 Å². The lowest BCUT2D eigenvalue weighted by atomic mass is 9.76. The van der Waals surface area contributed by atoms with Crippen LogP contribution < -0.4 is 0 Å². The van der Waals surface area contributed by atoms with E-state index in [9.17, 15) is 14.4 Å². The van der Waals surface area contributed by atoms with Crippen molar-refractivity contribution in [3.63, 3.8) is 0 Å². The fourth-order valence-electron chi connectivity index (χ4n) is 5.00. The second kappa shape index (κ2) is 8.66. The van der Waals surface area contributed by atoms with Crippen LogP contribution in [0.5, 0.6) is 0 Å². The number of nitrogens with zero attached hydrogens (tertiary/aromatic N) is 1. The third kappa shape index (κ3) is 4.53. The fraction of sp³-hybridized carbons (Fsp3) is 0.609. The standard InChI is InChI=1S/C23H29NO5/c25-20-15-21(26)29-23(16-20,19-3-1-2-4-19)10-9-17-5-7-18(8-6-17)22(27)24-11-13-28-14-12-24/h5-8,19H,1-4,9-16H2. The van der Waals surface area contributed by atoms with Gasteiger partial charge in [-0.05, 0) is 49.3 Å². The van der Waals surface area contributed by atoms with Crippen molar-refractivity contribution in [1.29, 1.82) is 0 Å². The molecule has 1 amide bonds. The number of carbonyl (C=O) groups excluding carboxylic acids is 3. The maximum atomic E-state index is 12.6. The number of benzene rings is 1. The smallest absolute Gasteiger partial charge is 0.313 e. The van der Waals surface area contributed by atoms with E-state index < -0.39 is 5.60 Å². The van der Waals surface area contributed by atoms with E-state index in [1.165, 1.54) is 0 Å². The number of hydrogen-bond acceptors (Lipinski definition) is 5. The number of ether oxygens (including phenoxy) is 2. The first-order valence-corrected chi connectivity index (χ1v) is 10.8. The van der Waals surface area contributed by atoms with E-state index in [0.717, 1.165) is 37.7 Å². The molecule has 3 fully saturated rings. The molecule has 156 valence electrons. The van der Waals surface area contributed by atoms with E-state index in [-0.39, 0.29) is 30.0 Å². The van der Waals surface area contributed by atoms with E-state index in [1.54, 1.807) is 0 Å². The third-order valence-electron chi connectivity index (χ3n) is 6.59. The number of rotatable bonds is 5. The highest BCUT2D eigenvalue weighted by molar-refractivity contribution is 5.98. The van der Waals surface area contributed by atoms with Crippen LogP contribution in [0, 0.1) is 5.92 Å². The van der Waals surface area contributed by atoms with Crippen molar-refractivity contribution >= 4 is 17.7 Å². The summed E-state index contributed by atoms with van der Waals surface area (Å²) in [6, 6.07) is 7.69. The first kappa shape index (κ1) is 20.1. The lowest BCUT2D eigenvalue weighted by Crippen LogP contribution is -2.48. The third-order valence-corrected chi connectivity index (χ3v) is 6.59. The molecule has 0 spiro atoms. The molecule has 2 heterocycles. The van der Waals surface area contributed by atoms with Crippen molar-refractivity contribution in [3.05, 3.63) is 35.4 Å². The summed E-state index contributed by atoms with van der Waals surface area (Å²) in [4.78, 5) is 38.6. The van der Waals surface area contributed by atoms with Gasteiger partial charge in [0, 0.05) is 25.1 Å². The van der Waals surface area contributed by atoms with Crippen molar-refractivity contribution in [2.75, 3.05) is 26.3 Å². The van der Waals surface area contributed by atoms with Crippen molar-refractivity contribution in [2.45, 2.75) is 57.0 Å². The van der Waals surface area contributed by atoms with Crippen LogP contribution in [-0.4, -0.2) is 54.5 Å². The molecule has 2 aliphatic heterocycles. The number of morpholine rings is 1. The molecule has 0 N–H and O–H groups in total.